The molecular weight excluding hydrogens is 338 g/mol. The van der Waals surface area contributed by atoms with Crippen LogP contribution in [0, 0.1) is 11.3 Å². The van der Waals surface area contributed by atoms with E-state index in [1.807, 2.05) is 43.3 Å². The minimum absolute atomic E-state index is 0.322. The molecule has 3 aromatic rings. The van der Waals surface area contributed by atoms with Crippen molar-refractivity contribution in [1.29, 1.82) is 5.26 Å². The Morgan fingerprint density at radius 3 is 2.48 bits per heavy atom. The average molecular weight is 357 g/mol. The highest BCUT2D eigenvalue weighted by Gasteiger charge is 2.10. The Hall–Kier alpha value is -3.85. The van der Waals surface area contributed by atoms with Crippen molar-refractivity contribution in [3.05, 3.63) is 78.1 Å². The molecule has 1 aromatic heterocycles. The van der Waals surface area contributed by atoms with Gasteiger partial charge in [0.2, 0.25) is 0 Å². The van der Waals surface area contributed by atoms with Gasteiger partial charge in [0.25, 0.3) is 5.91 Å². The molecule has 1 amide bonds. The molecule has 1 heterocycles. The second-order valence-corrected chi connectivity index (χ2v) is 6.14. The second-order valence-electron chi connectivity index (χ2n) is 6.14. The predicted octanol–water partition coefficient (Wildman–Crippen LogP) is 4.02. The van der Waals surface area contributed by atoms with Gasteiger partial charge in [0.1, 0.15) is 6.07 Å². The van der Waals surface area contributed by atoms with Crippen molar-refractivity contribution in [2.24, 2.45) is 0 Å². The maximum atomic E-state index is 12.5. The summed E-state index contributed by atoms with van der Waals surface area (Å²) in [5.41, 5.74) is 3.99. The Morgan fingerprint density at radius 2 is 1.78 bits per heavy atom. The minimum Gasteiger partial charge on any atom is -0.378 e. The van der Waals surface area contributed by atoms with Crippen LogP contribution in [0.2, 0.25) is 0 Å². The number of carbonyl (C=O) groups excluding carboxylic acids is 1. The number of aromatic nitrogens is 1. The Morgan fingerprint density at radius 1 is 1.04 bits per heavy atom. The lowest BCUT2D eigenvalue weighted by Gasteiger charge is -2.13. The van der Waals surface area contributed by atoms with Crippen LogP contribution in [-0.2, 0) is 0 Å². The zero-order chi connectivity index (χ0) is 19.2. The summed E-state index contributed by atoms with van der Waals surface area (Å²) >= 11 is 0. The highest BCUT2D eigenvalue weighted by molar-refractivity contribution is 6.05. The fourth-order valence-corrected chi connectivity index (χ4v) is 2.53. The standard InChI is InChI=1S/C21H19N5O/c1-26(2)19-9-7-17(8-10-19)24-18-11-16(13-23-14-18)21(27)25-20-6-4-3-5-15(20)12-22/h3-11,13-14,24H,1-2H3,(H,25,27). The van der Waals surface area contributed by atoms with E-state index in [1.165, 1.54) is 6.20 Å². The van der Waals surface area contributed by atoms with E-state index in [2.05, 4.69) is 21.7 Å². The van der Waals surface area contributed by atoms with Crippen LogP contribution in [0.1, 0.15) is 15.9 Å². The molecule has 0 fully saturated rings. The molecule has 6 heteroatoms. The number of hydrogen-bond donors (Lipinski definition) is 2. The summed E-state index contributed by atoms with van der Waals surface area (Å²) in [4.78, 5) is 18.7. The summed E-state index contributed by atoms with van der Waals surface area (Å²) in [6.45, 7) is 0. The first-order valence-corrected chi connectivity index (χ1v) is 8.37. The molecule has 2 aromatic carbocycles. The number of amides is 1. The Kier molecular flexibility index (Phi) is 5.33. The van der Waals surface area contributed by atoms with E-state index in [1.54, 1.807) is 36.5 Å². The topological polar surface area (TPSA) is 81.1 Å². The van der Waals surface area contributed by atoms with Crippen LogP contribution in [0.4, 0.5) is 22.7 Å². The van der Waals surface area contributed by atoms with Gasteiger partial charge in [-0.1, -0.05) is 12.1 Å². The minimum atomic E-state index is -0.322. The van der Waals surface area contributed by atoms with E-state index in [4.69, 9.17) is 5.26 Å². The molecule has 6 nitrogen and oxygen atoms in total. The molecule has 0 saturated heterocycles. The summed E-state index contributed by atoms with van der Waals surface area (Å²) in [7, 11) is 3.97. The zero-order valence-electron chi connectivity index (χ0n) is 15.1. The molecule has 0 spiro atoms. The lowest BCUT2D eigenvalue weighted by molar-refractivity contribution is 0.102. The monoisotopic (exact) mass is 357 g/mol. The van der Waals surface area contributed by atoms with Gasteiger partial charge >= 0.3 is 0 Å². The second kappa shape index (κ2) is 8.02. The summed E-state index contributed by atoms with van der Waals surface area (Å²) < 4.78 is 0. The Labute approximate surface area is 158 Å². The lowest BCUT2D eigenvalue weighted by atomic mass is 10.1. The van der Waals surface area contributed by atoms with E-state index in [-0.39, 0.29) is 5.91 Å². The molecule has 0 bridgehead atoms. The van der Waals surface area contributed by atoms with Crippen molar-refractivity contribution in [2.45, 2.75) is 0 Å². The first-order chi connectivity index (χ1) is 13.1. The van der Waals surface area contributed by atoms with Gasteiger partial charge in [0.15, 0.2) is 0 Å². The number of nitriles is 1. The first kappa shape index (κ1) is 18.0. The highest BCUT2D eigenvalue weighted by Crippen LogP contribution is 2.21. The van der Waals surface area contributed by atoms with Crippen molar-refractivity contribution in [3.63, 3.8) is 0 Å². The third-order valence-corrected chi connectivity index (χ3v) is 3.97. The summed E-state index contributed by atoms with van der Waals surface area (Å²) in [5, 5.41) is 15.1. The van der Waals surface area contributed by atoms with Gasteiger partial charge < -0.3 is 15.5 Å². The van der Waals surface area contributed by atoms with Crippen molar-refractivity contribution < 1.29 is 4.79 Å². The predicted molar refractivity (Wildman–Crippen MR) is 107 cm³/mol. The average Bonchev–Trinajstić information content (AvgIpc) is 2.69. The van der Waals surface area contributed by atoms with Gasteiger partial charge in [-0.25, -0.2) is 0 Å². The van der Waals surface area contributed by atoms with Crippen LogP contribution in [-0.4, -0.2) is 25.0 Å². The van der Waals surface area contributed by atoms with Crippen LogP contribution >= 0.6 is 0 Å². The smallest absolute Gasteiger partial charge is 0.257 e. The summed E-state index contributed by atoms with van der Waals surface area (Å²) in [5.74, 6) is -0.322. The third kappa shape index (κ3) is 4.41. The lowest BCUT2D eigenvalue weighted by Crippen LogP contribution is -2.13. The molecule has 0 aliphatic heterocycles. The van der Waals surface area contributed by atoms with Crippen molar-refractivity contribution in [3.8, 4) is 6.07 Å². The van der Waals surface area contributed by atoms with Crippen molar-refractivity contribution >= 4 is 28.7 Å². The molecule has 2 N–H and O–H groups in total. The number of pyridine rings is 1. The number of para-hydroxylation sites is 1. The van der Waals surface area contributed by atoms with E-state index >= 15 is 0 Å². The van der Waals surface area contributed by atoms with Crippen molar-refractivity contribution in [2.75, 3.05) is 29.6 Å². The van der Waals surface area contributed by atoms with Crippen molar-refractivity contribution in [1.82, 2.24) is 4.98 Å². The van der Waals surface area contributed by atoms with E-state index in [0.29, 0.717) is 22.5 Å². The number of benzene rings is 2. The number of anilines is 4. The Bertz CT molecular complexity index is 990. The largest absolute Gasteiger partial charge is 0.378 e. The molecule has 0 aliphatic rings. The zero-order valence-corrected chi connectivity index (χ0v) is 15.1. The van der Waals surface area contributed by atoms with Gasteiger partial charge in [0, 0.05) is 31.7 Å². The van der Waals surface area contributed by atoms with E-state index < -0.39 is 0 Å². The molecular formula is C21H19N5O. The Balaban J connectivity index is 1.75. The van der Waals surface area contributed by atoms with E-state index in [9.17, 15) is 4.79 Å². The van der Waals surface area contributed by atoms with Gasteiger partial charge in [-0.15, -0.1) is 0 Å². The fraction of sp³-hybridized carbons (Fsp3) is 0.0952. The molecule has 3 rings (SSSR count). The maximum absolute atomic E-state index is 12.5. The molecule has 134 valence electrons. The van der Waals surface area contributed by atoms with Crippen LogP contribution in [0.3, 0.4) is 0 Å². The van der Waals surface area contributed by atoms with Crippen LogP contribution in [0.15, 0.2) is 67.0 Å². The fourth-order valence-electron chi connectivity index (χ4n) is 2.53. The molecule has 27 heavy (non-hydrogen) atoms. The molecule has 0 radical (unpaired) electrons. The summed E-state index contributed by atoms with van der Waals surface area (Å²) in [6.07, 6.45) is 3.14. The van der Waals surface area contributed by atoms with Gasteiger partial charge in [-0.2, -0.15) is 5.26 Å². The van der Waals surface area contributed by atoms with Gasteiger partial charge in [-0.05, 0) is 42.5 Å². The summed E-state index contributed by atoms with van der Waals surface area (Å²) in [6, 6.07) is 18.6. The van der Waals surface area contributed by atoms with Crippen LogP contribution < -0.4 is 15.5 Å². The van der Waals surface area contributed by atoms with Gasteiger partial charge in [0.05, 0.1) is 28.7 Å². The molecule has 0 unspecified atom stereocenters. The number of hydrogen-bond acceptors (Lipinski definition) is 5. The molecule has 0 saturated carbocycles. The molecule has 0 atom stereocenters. The highest BCUT2D eigenvalue weighted by atomic mass is 16.1. The number of nitrogens with one attached hydrogen (secondary N) is 2. The van der Waals surface area contributed by atoms with E-state index in [0.717, 1.165) is 11.4 Å². The third-order valence-electron chi connectivity index (χ3n) is 3.97. The normalized spacial score (nSPS) is 9.96. The quantitative estimate of drug-likeness (QED) is 0.721. The molecule has 0 aliphatic carbocycles. The van der Waals surface area contributed by atoms with Crippen LogP contribution in [0.25, 0.3) is 0 Å². The van der Waals surface area contributed by atoms with Gasteiger partial charge in [-0.3, -0.25) is 9.78 Å². The number of carbonyl (C=O) groups is 1. The maximum Gasteiger partial charge on any atom is 0.257 e. The first-order valence-electron chi connectivity index (χ1n) is 8.37. The number of nitrogens with zero attached hydrogens (tertiary/aromatic N) is 3. The van der Waals surface area contributed by atoms with Crippen LogP contribution in [0.5, 0.6) is 0 Å². The number of rotatable bonds is 5. The SMILES string of the molecule is CN(C)c1ccc(Nc2cncc(C(=O)Nc3ccccc3C#N)c2)cc1.